The zero-order valence-corrected chi connectivity index (χ0v) is 18.5. The van der Waals surface area contributed by atoms with E-state index < -0.39 is 0 Å². The third-order valence-electron chi connectivity index (χ3n) is 4.24. The molecular weight excluding hydrogens is 438 g/mol. The molecule has 2 heterocycles. The molecule has 0 amide bonds. The van der Waals surface area contributed by atoms with Gasteiger partial charge >= 0.3 is 5.97 Å². The smallest absolute Gasteiger partial charge is 0.350 e. The quantitative estimate of drug-likeness (QED) is 0.328. The first kappa shape index (κ1) is 20.5. The average Bonchev–Trinajstić information content (AvgIpc) is 3.40. The zero-order chi connectivity index (χ0) is 20.9. The number of benzene rings is 2. The lowest BCUT2D eigenvalue weighted by Crippen LogP contribution is -2.03. The van der Waals surface area contributed by atoms with Crippen LogP contribution in [0.2, 0.25) is 4.47 Å². The molecule has 0 unspecified atom stereocenters. The predicted molar refractivity (Wildman–Crippen MR) is 123 cm³/mol. The molecule has 30 heavy (non-hydrogen) atoms. The molecule has 2 aromatic heterocycles. The van der Waals surface area contributed by atoms with E-state index in [4.69, 9.17) is 21.3 Å². The minimum Gasteiger partial charge on any atom is -0.462 e. The molecule has 5 nitrogen and oxygen atoms in total. The van der Waals surface area contributed by atoms with Crippen LogP contribution in [0.15, 0.2) is 60.8 Å². The van der Waals surface area contributed by atoms with Crippen LogP contribution in [0.25, 0.3) is 21.8 Å². The minimum absolute atomic E-state index is 0.321. The van der Waals surface area contributed by atoms with Gasteiger partial charge in [-0.05, 0) is 19.1 Å². The van der Waals surface area contributed by atoms with Crippen molar-refractivity contribution in [2.24, 2.45) is 0 Å². The topological polar surface area (TPSA) is 64.1 Å². The van der Waals surface area contributed by atoms with Gasteiger partial charge < -0.3 is 10.1 Å². The standard InChI is InChI=1S/C22H18ClN3O2S2/c1-2-28-21(27)19-18(14-7-4-3-5-8-14)26-20(30-19)15-9-6-10-16(11-15)24-12-17-13-25-22(23)29-17/h3-11,13,24H,2,12H2,1H3. The lowest BCUT2D eigenvalue weighted by atomic mass is 10.1. The van der Waals surface area contributed by atoms with E-state index in [0.717, 1.165) is 26.7 Å². The molecule has 4 aromatic rings. The number of rotatable bonds is 7. The molecule has 1 N–H and O–H groups in total. The van der Waals surface area contributed by atoms with E-state index in [2.05, 4.69) is 10.3 Å². The van der Waals surface area contributed by atoms with Crippen LogP contribution in [0, 0.1) is 0 Å². The van der Waals surface area contributed by atoms with E-state index in [1.807, 2.05) is 54.6 Å². The third-order valence-corrected chi connectivity index (χ3v) is 6.44. The van der Waals surface area contributed by atoms with E-state index in [-0.39, 0.29) is 5.97 Å². The number of carbonyl (C=O) groups excluding carboxylic acids is 1. The molecule has 2 aromatic carbocycles. The second-order valence-electron chi connectivity index (χ2n) is 6.30. The zero-order valence-electron chi connectivity index (χ0n) is 16.1. The number of nitrogens with zero attached hydrogens (tertiary/aromatic N) is 2. The molecule has 0 aliphatic carbocycles. The third kappa shape index (κ3) is 4.70. The highest BCUT2D eigenvalue weighted by Gasteiger charge is 2.21. The Hall–Kier alpha value is -2.74. The van der Waals surface area contributed by atoms with Crippen molar-refractivity contribution in [2.75, 3.05) is 11.9 Å². The number of hydrogen-bond acceptors (Lipinski definition) is 7. The van der Waals surface area contributed by atoms with Crippen molar-refractivity contribution < 1.29 is 9.53 Å². The Kier molecular flexibility index (Phi) is 6.42. The van der Waals surface area contributed by atoms with Crippen LogP contribution in [-0.4, -0.2) is 22.5 Å². The summed E-state index contributed by atoms with van der Waals surface area (Å²) in [4.78, 5) is 22.9. The lowest BCUT2D eigenvalue weighted by molar-refractivity contribution is 0.0532. The Morgan fingerprint density at radius 1 is 1.10 bits per heavy atom. The summed E-state index contributed by atoms with van der Waals surface area (Å²) in [5.41, 5.74) is 3.41. The largest absolute Gasteiger partial charge is 0.462 e. The summed E-state index contributed by atoms with van der Waals surface area (Å²) in [7, 11) is 0. The number of hydrogen-bond donors (Lipinski definition) is 1. The first-order valence-corrected chi connectivity index (χ1v) is 11.3. The van der Waals surface area contributed by atoms with Crippen molar-refractivity contribution in [3.8, 4) is 21.8 Å². The van der Waals surface area contributed by atoms with Gasteiger partial charge in [0.1, 0.15) is 9.88 Å². The normalized spacial score (nSPS) is 10.7. The maximum absolute atomic E-state index is 12.5. The fourth-order valence-electron chi connectivity index (χ4n) is 2.89. The van der Waals surface area contributed by atoms with Gasteiger partial charge in [0.15, 0.2) is 4.47 Å². The Morgan fingerprint density at radius 2 is 1.90 bits per heavy atom. The number of carbonyl (C=O) groups is 1. The first-order valence-electron chi connectivity index (χ1n) is 9.32. The molecule has 0 spiro atoms. The molecule has 0 bridgehead atoms. The summed E-state index contributed by atoms with van der Waals surface area (Å²) in [6.45, 7) is 2.75. The van der Waals surface area contributed by atoms with E-state index in [0.29, 0.717) is 28.2 Å². The van der Waals surface area contributed by atoms with Crippen molar-refractivity contribution >= 4 is 45.9 Å². The van der Waals surface area contributed by atoms with Gasteiger partial charge in [-0.3, -0.25) is 0 Å². The highest BCUT2D eigenvalue weighted by molar-refractivity contribution is 7.17. The molecule has 8 heteroatoms. The molecule has 0 saturated carbocycles. The Balaban J connectivity index is 1.64. The summed E-state index contributed by atoms with van der Waals surface area (Å²) in [6, 6.07) is 17.6. The summed E-state index contributed by atoms with van der Waals surface area (Å²) < 4.78 is 5.79. The van der Waals surface area contributed by atoms with Crippen molar-refractivity contribution in [2.45, 2.75) is 13.5 Å². The van der Waals surface area contributed by atoms with Gasteiger partial charge in [0.25, 0.3) is 0 Å². The average molecular weight is 456 g/mol. The number of aromatic nitrogens is 2. The number of anilines is 1. The molecular formula is C22H18ClN3O2S2. The van der Waals surface area contributed by atoms with E-state index >= 15 is 0 Å². The van der Waals surface area contributed by atoms with Gasteiger partial charge in [-0.1, -0.05) is 54.1 Å². The number of esters is 1. The second kappa shape index (κ2) is 9.38. The van der Waals surface area contributed by atoms with E-state index in [9.17, 15) is 4.79 Å². The fourth-order valence-corrected chi connectivity index (χ4v) is 4.78. The Morgan fingerprint density at radius 3 is 2.63 bits per heavy atom. The molecule has 0 saturated heterocycles. The van der Waals surface area contributed by atoms with Crippen LogP contribution < -0.4 is 5.32 Å². The van der Waals surface area contributed by atoms with Crippen molar-refractivity contribution in [1.82, 2.24) is 9.97 Å². The monoisotopic (exact) mass is 455 g/mol. The molecule has 4 rings (SSSR count). The molecule has 0 aliphatic rings. The van der Waals surface area contributed by atoms with Crippen LogP contribution in [0.1, 0.15) is 21.5 Å². The highest BCUT2D eigenvalue weighted by atomic mass is 35.5. The number of halogens is 1. The number of ether oxygens (including phenoxy) is 1. The highest BCUT2D eigenvalue weighted by Crippen LogP contribution is 2.35. The summed E-state index contributed by atoms with van der Waals surface area (Å²) in [5.74, 6) is -0.351. The van der Waals surface area contributed by atoms with Crippen molar-refractivity contribution in [3.05, 3.63) is 75.0 Å². The maximum Gasteiger partial charge on any atom is 0.350 e. The molecule has 0 atom stereocenters. The molecule has 0 radical (unpaired) electrons. The van der Waals surface area contributed by atoms with Crippen LogP contribution in [0.5, 0.6) is 0 Å². The van der Waals surface area contributed by atoms with Crippen LogP contribution in [0.3, 0.4) is 0 Å². The lowest BCUT2D eigenvalue weighted by Gasteiger charge is -2.06. The fraction of sp³-hybridized carbons (Fsp3) is 0.136. The van der Waals surface area contributed by atoms with Crippen LogP contribution in [0.4, 0.5) is 5.69 Å². The first-order chi connectivity index (χ1) is 14.6. The van der Waals surface area contributed by atoms with Crippen molar-refractivity contribution in [1.29, 1.82) is 0 Å². The number of thiazole rings is 2. The Labute approximate surface area is 187 Å². The molecule has 0 fully saturated rings. The summed E-state index contributed by atoms with van der Waals surface area (Å²) in [5, 5.41) is 4.14. The van der Waals surface area contributed by atoms with E-state index in [1.165, 1.54) is 22.7 Å². The summed E-state index contributed by atoms with van der Waals surface area (Å²) in [6.07, 6.45) is 1.77. The van der Waals surface area contributed by atoms with Gasteiger partial charge in [-0.25, -0.2) is 14.8 Å². The minimum atomic E-state index is -0.351. The van der Waals surface area contributed by atoms with Gasteiger partial charge in [0.2, 0.25) is 0 Å². The Bertz CT molecular complexity index is 1160. The summed E-state index contributed by atoms with van der Waals surface area (Å²) >= 11 is 8.69. The molecule has 0 aliphatic heterocycles. The maximum atomic E-state index is 12.5. The SMILES string of the molecule is CCOC(=O)c1sc(-c2cccc(NCc3cnc(Cl)s3)c2)nc1-c1ccccc1. The van der Waals surface area contributed by atoms with Gasteiger partial charge in [0.05, 0.1) is 18.8 Å². The van der Waals surface area contributed by atoms with Gasteiger partial charge in [0, 0.05) is 27.9 Å². The van der Waals surface area contributed by atoms with Crippen LogP contribution >= 0.6 is 34.3 Å². The van der Waals surface area contributed by atoms with Gasteiger partial charge in [-0.15, -0.1) is 22.7 Å². The van der Waals surface area contributed by atoms with Crippen molar-refractivity contribution in [3.63, 3.8) is 0 Å². The van der Waals surface area contributed by atoms with Crippen LogP contribution in [-0.2, 0) is 11.3 Å². The van der Waals surface area contributed by atoms with Gasteiger partial charge in [-0.2, -0.15) is 0 Å². The second-order valence-corrected chi connectivity index (χ2v) is 8.99. The van der Waals surface area contributed by atoms with E-state index in [1.54, 1.807) is 13.1 Å². The molecule has 152 valence electrons. The number of nitrogens with one attached hydrogen (secondary N) is 1. The predicted octanol–water partition coefficient (Wildman–Crippen LogP) is 6.38.